The number of nitrogens with zero attached hydrogens (tertiary/aromatic N) is 3. The van der Waals surface area contributed by atoms with Crippen molar-refractivity contribution in [1.82, 2.24) is 14.8 Å². The van der Waals surface area contributed by atoms with Crippen LogP contribution in [0.25, 0.3) is 0 Å². The number of fused-ring (bicyclic) bond motifs is 1. The molecular weight excluding hydrogens is 282 g/mol. The second-order valence-electron chi connectivity index (χ2n) is 5.01. The number of hydrogen-bond acceptors (Lipinski definition) is 4. The predicted octanol–water partition coefficient (Wildman–Crippen LogP) is 1.60. The van der Waals surface area contributed by atoms with Gasteiger partial charge < -0.3 is 14.7 Å². The van der Waals surface area contributed by atoms with Crippen molar-refractivity contribution in [3.63, 3.8) is 0 Å². The summed E-state index contributed by atoms with van der Waals surface area (Å²) in [4.78, 5) is 19.4. The van der Waals surface area contributed by atoms with Crippen LogP contribution in [0.1, 0.15) is 17.3 Å². The van der Waals surface area contributed by atoms with Gasteiger partial charge in [0.15, 0.2) is 0 Å². The van der Waals surface area contributed by atoms with Gasteiger partial charge in [0.1, 0.15) is 5.15 Å². The highest BCUT2D eigenvalue weighted by Crippen LogP contribution is 2.31. The average molecular weight is 298 g/mol. The van der Waals surface area contributed by atoms with E-state index in [1.807, 2.05) is 6.07 Å². The summed E-state index contributed by atoms with van der Waals surface area (Å²) in [7, 11) is 0. The summed E-state index contributed by atoms with van der Waals surface area (Å²) in [6.45, 7) is 3.70. The molecule has 3 heterocycles. The van der Waals surface area contributed by atoms with E-state index in [-0.39, 0.29) is 6.04 Å². The van der Waals surface area contributed by atoms with Crippen molar-refractivity contribution in [2.75, 3.05) is 32.8 Å². The van der Waals surface area contributed by atoms with Crippen LogP contribution in [0.4, 0.5) is 4.79 Å². The number of morpholine rings is 1. The lowest BCUT2D eigenvalue weighted by molar-refractivity contribution is 0.00324. The summed E-state index contributed by atoms with van der Waals surface area (Å²) in [5, 5.41) is 9.72. The Labute approximate surface area is 121 Å². The van der Waals surface area contributed by atoms with Gasteiger partial charge in [0.2, 0.25) is 0 Å². The third-order valence-electron chi connectivity index (χ3n) is 3.81. The van der Waals surface area contributed by atoms with Gasteiger partial charge in [0, 0.05) is 19.6 Å². The second-order valence-corrected chi connectivity index (χ2v) is 5.39. The molecule has 1 N–H and O–H groups in total. The van der Waals surface area contributed by atoms with Gasteiger partial charge in [-0.3, -0.25) is 4.90 Å². The van der Waals surface area contributed by atoms with Crippen LogP contribution >= 0.6 is 11.6 Å². The zero-order valence-electron chi connectivity index (χ0n) is 11.0. The van der Waals surface area contributed by atoms with E-state index in [0.717, 1.165) is 24.3 Å². The molecule has 2 aliphatic heterocycles. The predicted molar refractivity (Wildman–Crippen MR) is 72.8 cm³/mol. The fourth-order valence-electron chi connectivity index (χ4n) is 2.79. The van der Waals surface area contributed by atoms with Crippen molar-refractivity contribution >= 4 is 17.7 Å². The molecular formula is C13H16ClN3O3. The highest BCUT2D eigenvalue weighted by atomic mass is 35.5. The van der Waals surface area contributed by atoms with Crippen molar-refractivity contribution in [3.8, 4) is 0 Å². The fourth-order valence-corrected chi connectivity index (χ4v) is 2.94. The SMILES string of the molecule is O=C(O)N1Cc2ccc(Cl)nc2C(N2CCOCC2)C1. The van der Waals surface area contributed by atoms with Gasteiger partial charge in [-0.1, -0.05) is 17.7 Å². The summed E-state index contributed by atoms with van der Waals surface area (Å²) < 4.78 is 5.36. The van der Waals surface area contributed by atoms with Gasteiger partial charge in [0.25, 0.3) is 0 Å². The Kier molecular flexibility index (Phi) is 3.78. The zero-order valence-corrected chi connectivity index (χ0v) is 11.7. The molecule has 1 aromatic rings. The normalized spacial score (nSPS) is 23.4. The lowest BCUT2D eigenvalue weighted by atomic mass is 9.99. The van der Waals surface area contributed by atoms with E-state index in [4.69, 9.17) is 16.3 Å². The van der Waals surface area contributed by atoms with E-state index in [1.165, 1.54) is 4.90 Å². The molecule has 1 atom stereocenters. The van der Waals surface area contributed by atoms with E-state index in [9.17, 15) is 9.90 Å². The summed E-state index contributed by atoms with van der Waals surface area (Å²) in [5.41, 5.74) is 1.83. The molecule has 0 aliphatic carbocycles. The molecule has 0 aromatic carbocycles. The Morgan fingerprint density at radius 2 is 2.15 bits per heavy atom. The molecule has 1 aromatic heterocycles. The first-order valence-electron chi connectivity index (χ1n) is 6.60. The third kappa shape index (κ3) is 2.59. The molecule has 1 unspecified atom stereocenters. The number of rotatable bonds is 1. The summed E-state index contributed by atoms with van der Waals surface area (Å²) in [5.74, 6) is 0. The van der Waals surface area contributed by atoms with Crippen molar-refractivity contribution in [1.29, 1.82) is 0 Å². The topological polar surface area (TPSA) is 65.9 Å². The summed E-state index contributed by atoms with van der Waals surface area (Å²) >= 11 is 6.00. The van der Waals surface area contributed by atoms with Crippen LogP contribution < -0.4 is 0 Å². The molecule has 1 fully saturated rings. The van der Waals surface area contributed by atoms with Gasteiger partial charge in [-0.25, -0.2) is 9.78 Å². The third-order valence-corrected chi connectivity index (χ3v) is 4.02. The van der Waals surface area contributed by atoms with E-state index in [2.05, 4.69) is 9.88 Å². The monoisotopic (exact) mass is 297 g/mol. The Balaban J connectivity index is 1.94. The first-order valence-corrected chi connectivity index (χ1v) is 6.98. The first kappa shape index (κ1) is 13.6. The molecule has 0 saturated carbocycles. The molecule has 2 aliphatic rings. The van der Waals surface area contributed by atoms with Gasteiger partial charge in [-0.05, 0) is 11.6 Å². The standard InChI is InChI=1S/C13H16ClN3O3/c14-11-2-1-9-7-17(13(18)19)8-10(12(9)15-11)16-3-5-20-6-4-16/h1-2,10H,3-8H2,(H,18,19). The highest BCUT2D eigenvalue weighted by Gasteiger charge is 2.33. The molecule has 6 nitrogen and oxygen atoms in total. The molecule has 20 heavy (non-hydrogen) atoms. The Bertz CT molecular complexity index is 520. The molecule has 3 rings (SSSR count). The van der Waals surface area contributed by atoms with Gasteiger partial charge in [0.05, 0.1) is 31.5 Å². The smallest absolute Gasteiger partial charge is 0.407 e. The lowest BCUT2D eigenvalue weighted by Gasteiger charge is -2.40. The molecule has 1 amide bonds. The fraction of sp³-hybridized carbons (Fsp3) is 0.538. The van der Waals surface area contributed by atoms with Crippen LogP contribution in [0.15, 0.2) is 12.1 Å². The van der Waals surface area contributed by atoms with Gasteiger partial charge in [-0.15, -0.1) is 0 Å². The number of hydrogen-bond donors (Lipinski definition) is 1. The molecule has 0 bridgehead atoms. The van der Waals surface area contributed by atoms with Crippen LogP contribution in [-0.2, 0) is 11.3 Å². The Hall–Kier alpha value is -1.37. The highest BCUT2D eigenvalue weighted by molar-refractivity contribution is 6.29. The Morgan fingerprint density at radius 3 is 2.85 bits per heavy atom. The molecule has 0 radical (unpaired) electrons. The van der Waals surface area contributed by atoms with Crippen molar-refractivity contribution in [2.45, 2.75) is 12.6 Å². The number of aromatic nitrogens is 1. The summed E-state index contributed by atoms with van der Waals surface area (Å²) in [6.07, 6.45) is -0.899. The largest absolute Gasteiger partial charge is 0.465 e. The maximum atomic E-state index is 11.3. The van der Waals surface area contributed by atoms with Crippen LogP contribution in [0, 0.1) is 0 Å². The minimum Gasteiger partial charge on any atom is -0.465 e. The molecule has 0 spiro atoms. The number of carboxylic acid groups (broad SMARTS) is 1. The van der Waals surface area contributed by atoms with Crippen molar-refractivity contribution in [2.24, 2.45) is 0 Å². The van der Waals surface area contributed by atoms with Crippen LogP contribution in [0.2, 0.25) is 5.15 Å². The average Bonchev–Trinajstić information content (AvgIpc) is 2.47. The van der Waals surface area contributed by atoms with Crippen LogP contribution in [-0.4, -0.2) is 58.8 Å². The maximum Gasteiger partial charge on any atom is 0.407 e. The van der Waals surface area contributed by atoms with E-state index in [0.29, 0.717) is 31.5 Å². The number of pyridine rings is 1. The van der Waals surface area contributed by atoms with E-state index in [1.54, 1.807) is 6.07 Å². The quantitative estimate of drug-likeness (QED) is 0.798. The second kappa shape index (κ2) is 5.55. The zero-order chi connectivity index (χ0) is 14.1. The first-order chi connectivity index (χ1) is 9.65. The van der Waals surface area contributed by atoms with Gasteiger partial charge in [-0.2, -0.15) is 0 Å². The molecule has 7 heteroatoms. The molecule has 1 saturated heterocycles. The van der Waals surface area contributed by atoms with Crippen LogP contribution in [0.3, 0.4) is 0 Å². The number of amides is 1. The van der Waals surface area contributed by atoms with Gasteiger partial charge >= 0.3 is 6.09 Å². The molecule has 108 valence electrons. The number of carbonyl (C=O) groups is 1. The van der Waals surface area contributed by atoms with E-state index >= 15 is 0 Å². The maximum absolute atomic E-state index is 11.3. The minimum atomic E-state index is -0.899. The van der Waals surface area contributed by atoms with Crippen molar-refractivity contribution in [3.05, 3.63) is 28.5 Å². The Morgan fingerprint density at radius 1 is 1.40 bits per heavy atom. The van der Waals surface area contributed by atoms with Crippen LogP contribution in [0.5, 0.6) is 0 Å². The number of ether oxygens (including phenoxy) is 1. The van der Waals surface area contributed by atoms with Crippen molar-refractivity contribution < 1.29 is 14.6 Å². The lowest BCUT2D eigenvalue weighted by Crippen LogP contribution is -2.48. The van der Waals surface area contributed by atoms with E-state index < -0.39 is 6.09 Å². The minimum absolute atomic E-state index is 0.0440. The number of halogens is 1. The summed E-state index contributed by atoms with van der Waals surface area (Å²) in [6, 6.07) is 3.53.